The Morgan fingerprint density at radius 1 is 0.558 bits per heavy atom. The minimum atomic E-state index is -1.37. The first-order valence-corrected chi connectivity index (χ1v) is 17.0. The molecule has 0 fully saturated rings. The summed E-state index contributed by atoms with van der Waals surface area (Å²) in [6.45, 7) is 18.5. The molecular weight excluding hydrogens is 664 g/mol. The molecule has 0 radical (unpaired) electrons. The molecule has 4 aromatic rings. The van der Waals surface area contributed by atoms with E-state index in [0.717, 1.165) is 46.2 Å². The molecule has 4 N–H and O–H groups in total. The summed E-state index contributed by atoms with van der Waals surface area (Å²) >= 11 is 0. The molecule has 4 rings (SSSR count). The molecule has 0 bridgehead atoms. The first-order chi connectivity index (χ1) is 24.1. The molecule has 0 amide bonds. The number of ether oxygens (including phenoxy) is 2. The Labute approximate surface area is 303 Å². The first-order valence-electron chi connectivity index (χ1n) is 17.0. The SMILES string of the molecule is CCCC(c1cc(C(C)(C)C)c(Oc2ccc(C(=O)O)c(C(=O)O)c2)cc1C)c1cc(C(C)(C)C)c(Oc2ccc(C(=O)O)c(C(=O)O)c2)cc1C. The van der Waals surface area contributed by atoms with Gasteiger partial charge in [0.05, 0.1) is 22.3 Å². The van der Waals surface area contributed by atoms with E-state index < -0.39 is 23.9 Å². The number of carboxylic acids is 4. The standard InChI is InChI=1S/C42H46O10/c1-10-11-26(29-20-33(41(4,5)6)35(16-22(29)2)51-24-12-14-27(37(43)44)31(18-24)39(47)48)30-21-34(42(7,8)9)36(17-23(30)3)52-25-13-15-28(38(45)46)32(19-25)40(49)50/h12-21,26H,10-11H2,1-9H3,(H,43,44)(H,45,46)(H,47,48)(H,49,50). The van der Waals surface area contributed by atoms with Crippen molar-refractivity contribution in [3.05, 3.63) is 116 Å². The van der Waals surface area contributed by atoms with Crippen molar-refractivity contribution in [3.8, 4) is 23.0 Å². The zero-order chi connectivity index (χ0) is 38.9. The van der Waals surface area contributed by atoms with Crippen LogP contribution in [0.25, 0.3) is 0 Å². The van der Waals surface area contributed by atoms with Crippen LogP contribution in [0.1, 0.15) is 142 Å². The third-order valence-electron chi connectivity index (χ3n) is 9.04. The van der Waals surface area contributed by atoms with E-state index >= 15 is 0 Å². The molecule has 4 aromatic carbocycles. The van der Waals surface area contributed by atoms with Crippen molar-refractivity contribution in [2.75, 3.05) is 0 Å². The summed E-state index contributed by atoms with van der Waals surface area (Å²) in [5.74, 6) is -3.95. The summed E-state index contributed by atoms with van der Waals surface area (Å²) in [5.41, 5.74) is 3.72. The topological polar surface area (TPSA) is 168 Å². The van der Waals surface area contributed by atoms with Gasteiger partial charge in [-0.3, -0.25) is 0 Å². The largest absolute Gasteiger partial charge is 0.478 e. The Hall–Kier alpha value is -5.64. The van der Waals surface area contributed by atoms with Crippen LogP contribution in [0.3, 0.4) is 0 Å². The van der Waals surface area contributed by atoms with Crippen LogP contribution in [-0.4, -0.2) is 44.3 Å². The van der Waals surface area contributed by atoms with Gasteiger partial charge < -0.3 is 29.9 Å². The first kappa shape index (κ1) is 39.2. The molecule has 10 nitrogen and oxygen atoms in total. The third kappa shape index (κ3) is 8.45. The lowest BCUT2D eigenvalue weighted by Gasteiger charge is -2.30. The normalized spacial score (nSPS) is 11.7. The summed E-state index contributed by atoms with van der Waals surface area (Å²) in [5, 5.41) is 38.3. The van der Waals surface area contributed by atoms with Crippen molar-refractivity contribution in [1.29, 1.82) is 0 Å². The molecule has 0 saturated heterocycles. The maximum atomic E-state index is 11.9. The van der Waals surface area contributed by atoms with Crippen molar-refractivity contribution >= 4 is 23.9 Å². The lowest BCUT2D eigenvalue weighted by Crippen LogP contribution is -2.17. The smallest absolute Gasteiger partial charge is 0.336 e. The summed E-state index contributed by atoms with van der Waals surface area (Å²) in [7, 11) is 0. The Morgan fingerprint density at radius 2 is 0.904 bits per heavy atom. The maximum Gasteiger partial charge on any atom is 0.336 e. The van der Waals surface area contributed by atoms with Crippen molar-refractivity contribution in [3.63, 3.8) is 0 Å². The Balaban J connectivity index is 1.85. The van der Waals surface area contributed by atoms with Gasteiger partial charge in [-0.1, -0.05) is 67.0 Å². The second-order valence-electron chi connectivity index (χ2n) is 15.1. The lowest BCUT2D eigenvalue weighted by molar-refractivity contribution is 0.0651. The van der Waals surface area contributed by atoms with Gasteiger partial charge in [-0.25, -0.2) is 19.2 Å². The molecule has 0 aliphatic rings. The van der Waals surface area contributed by atoms with E-state index in [2.05, 4.69) is 60.6 Å². The zero-order valence-corrected chi connectivity index (χ0v) is 31.0. The van der Waals surface area contributed by atoms with Gasteiger partial charge in [-0.2, -0.15) is 0 Å². The van der Waals surface area contributed by atoms with Gasteiger partial charge in [-0.15, -0.1) is 0 Å². The van der Waals surface area contributed by atoms with Crippen LogP contribution in [0.5, 0.6) is 23.0 Å². The maximum absolute atomic E-state index is 11.9. The fraction of sp³-hybridized carbons (Fsp3) is 0.333. The van der Waals surface area contributed by atoms with E-state index in [1.807, 2.05) is 26.0 Å². The number of carboxylic acid groups (broad SMARTS) is 4. The van der Waals surface area contributed by atoms with Crippen molar-refractivity contribution < 1.29 is 49.1 Å². The monoisotopic (exact) mass is 710 g/mol. The molecule has 0 atom stereocenters. The number of carbonyl (C=O) groups is 4. The van der Waals surface area contributed by atoms with E-state index in [9.17, 15) is 39.6 Å². The van der Waals surface area contributed by atoms with E-state index in [0.29, 0.717) is 11.5 Å². The molecule has 0 spiro atoms. The van der Waals surface area contributed by atoms with Gasteiger partial charge in [0.15, 0.2) is 0 Å². The summed E-state index contributed by atoms with van der Waals surface area (Å²) in [6.07, 6.45) is 1.71. The molecule has 274 valence electrons. The van der Waals surface area contributed by atoms with Gasteiger partial charge in [-0.05, 0) is 102 Å². The van der Waals surface area contributed by atoms with Gasteiger partial charge in [0.2, 0.25) is 0 Å². The number of aromatic carboxylic acids is 4. The highest BCUT2D eigenvalue weighted by atomic mass is 16.5. The van der Waals surface area contributed by atoms with Crippen LogP contribution in [0.15, 0.2) is 60.7 Å². The predicted molar refractivity (Wildman–Crippen MR) is 197 cm³/mol. The van der Waals surface area contributed by atoms with Crippen LogP contribution in [0, 0.1) is 13.8 Å². The van der Waals surface area contributed by atoms with Crippen LogP contribution in [0.4, 0.5) is 0 Å². The minimum Gasteiger partial charge on any atom is -0.478 e. The van der Waals surface area contributed by atoms with Crippen LogP contribution in [-0.2, 0) is 10.8 Å². The van der Waals surface area contributed by atoms with Crippen molar-refractivity contribution in [2.45, 2.75) is 91.9 Å². The number of benzene rings is 4. The van der Waals surface area contributed by atoms with Crippen molar-refractivity contribution in [2.24, 2.45) is 0 Å². The molecule has 0 unspecified atom stereocenters. The van der Waals surface area contributed by atoms with Crippen LogP contribution >= 0.6 is 0 Å². The molecular formula is C42H46O10. The number of rotatable bonds is 12. The molecule has 0 aliphatic carbocycles. The highest BCUT2D eigenvalue weighted by Crippen LogP contribution is 2.44. The van der Waals surface area contributed by atoms with Gasteiger partial charge in [0, 0.05) is 17.0 Å². The number of hydrogen-bond donors (Lipinski definition) is 4. The fourth-order valence-electron chi connectivity index (χ4n) is 6.41. The number of aryl methyl sites for hydroxylation is 2. The molecule has 52 heavy (non-hydrogen) atoms. The fourth-order valence-corrected chi connectivity index (χ4v) is 6.41. The van der Waals surface area contributed by atoms with E-state index in [1.165, 1.54) is 36.4 Å². The van der Waals surface area contributed by atoms with E-state index in [4.69, 9.17) is 9.47 Å². The van der Waals surface area contributed by atoms with E-state index in [-0.39, 0.29) is 50.5 Å². The second-order valence-corrected chi connectivity index (χ2v) is 15.1. The zero-order valence-electron chi connectivity index (χ0n) is 31.0. The van der Waals surface area contributed by atoms with Gasteiger partial charge >= 0.3 is 23.9 Å². The minimum absolute atomic E-state index is 0.0303. The number of hydrogen-bond acceptors (Lipinski definition) is 6. The van der Waals surface area contributed by atoms with E-state index in [1.54, 1.807) is 0 Å². The molecule has 0 aromatic heterocycles. The van der Waals surface area contributed by atoms with Crippen LogP contribution in [0.2, 0.25) is 0 Å². The molecule has 0 saturated carbocycles. The Bertz CT molecular complexity index is 1920. The molecule has 0 aliphatic heterocycles. The van der Waals surface area contributed by atoms with Crippen LogP contribution < -0.4 is 9.47 Å². The Morgan fingerprint density at radius 3 is 1.19 bits per heavy atom. The van der Waals surface area contributed by atoms with Gasteiger partial charge in [0.25, 0.3) is 0 Å². The summed E-state index contributed by atoms with van der Waals surface area (Å²) in [6, 6.07) is 16.0. The third-order valence-corrected chi connectivity index (χ3v) is 9.04. The van der Waals surface area contributed by atoms with Crippen molar-refractivity contribution in [1.82, 2.24) is 0 Å². The summed E-state index contributed by atoms with van der Waals surface area (Å²) < 4.78 is 12.6. The predicted octanol–water partition coefficient (Wildman–Crippen LogP) is 10.2. The summed E-state index contributed by atoms with van der Waals surface area (Å²) in [4.78, 5) is 46.9. The lowest BCUT2D eigenvalue weighted by atomic mass is 9.76. The average Bonchev–Trinajstić information content (AvgIpc) is 3.02. The Kier molecular flexibility index (Phi) is 11.2. The molecule has 10 heteroatoms. The highest BCUT2D eigenvalue weighted by molar-refractivity contribution is 6.02. The average molecular weight is 711 g/mol. The van der Waals surface area contributed by atoms with Gasteiger partial charge in [0.1, 0.15) is 23.0 Å². The quantitative estimate of drug-likeness (QED) is 0.111. The molecule has 0 heterocycles. The highest BCUT2D eigenvalue weighted by Gasteiger charge is 2.29. The second kappa shape index (κ2) is 14.9.